The minimum absolute atomic E-state index is 0.378. The van der Waals surface area contributed by atoms with Gasteiger partial charge in [-0.05, 0) is 63.1 Å². The number of carbonyl (C=O) groups is 2. The number of amides is 1. The molecule has 2 aromatic carbocycles. The van der Waals surface area contributed by atoms with E-state index in [2.05, 4.69) is 5.32 Å². The first-order chi connectivity index (χ1) is 14.6. The van der Waals surface area contributed by atoms with Crippen LogP contribution in [0.5, 0.6) is 17.2 Å². The number of nitrogens with one attached hydrogen (secondary N) is 1. The van der Waals surface area contributed by atoms with Gasteiger partial charge in [-0.15, -0.1) is 0 Å². The van der Waals surface area contributed by atoms with Gasteiger partial charge in [-0.25, -0.2) is 9.59 Å². The number of methoxy groups -OCH3 is 2. The Hall–Kier alpha value is -3.48. The van der Waals surface area contributed by atoms with E-state index in [-0.39, 0.29) is 0 Å². The predicted molar refractivity (Wildman–Crippen MR) is 119 cm³/mol. The van der Waals surface area contributed by atoms with Crippen LogP contribution in [-0.2, 0) is 9.53 Å². The third-order valence-electron chi connectivity index (χ3n) is 4.03. The van der Waals surface area contributed by atoms with Gasteiger partial charge in [-0.2, -0.15) is 0 Å². The highest BCUT2D eigenvalue weighted by Gasteiger charge is 2.22. The first kappa shape index (κ1) is 23.8. The van der Waals surface area contributed by atoms with Gasteiger partial charge < -0.3 is 24.3 Å². The maximum atomic E-state index is 12.2. The molecule has 0 aromatic heterocycles. The summed E-state index contributed by atoms with van der Waals surface area (Å²) in [6.45, 7) is 6.77. The molecule has 0 aliphatic heterocycles. The summed E-state index contributed by atoms with van der Waals surface area (Å²) < 4.78 is 21.0. The first-order valence-electron chi connectivity index (χ1n) is 9.82. The maximum Gasteiger partial charge on any atom is 0.408 e. The Morgan fingerprint density at radius 2 is 1.42 bits per heavy atom. The van der Waals surface area contributed by atoms with Gasteiger partial charge in [0.05, 0.1) is 14.2 Å². The molecule has 1 atom stereocenters. The molecule has 31 heavy (non-hydrogen) atoms. The summed E-state index contributed by atoms with van der Waals surface area (Å²) >= 11 is 0. The maximum absolute atomic E-state index is 12.2. The van der Waals surface area contributed by atoms with Gasteiger partial charge in [-0.3, -0.25) is 0 Å². The fourth-order valence-corrected chi connectivity index (χ4v) is 2.51. The normalized spacial score (nSPS) is 12.2. The third kappa shape index (κ3) is 8.04. The van der Waals surface area contributed by atoms with Crippen LogP contribution in [0.2, 0.25) is 0 Å². The summed E-state index contributed by atoms with van der Waals surface area (Å²) in [5.74, 6) is 1.20. The van der Waals surface area contributed by atoms with Gasteiger partial charge in [-0.1, -0.05) is 24.3 Å². The lowest BCUT2D eigenvalue weighted by Crippen LogP contribution is -2.43. The molecule has 0 spiro atoms. The van der Waals surface area contributed by atoms with Crippen molar-refractivity contribution in [1.29, 1.82) is 0 Å². The number of esters is 1. The number of rotatable bonds is 7. The standard InChI is InChI=1S/C24H29NO6/c1-16(25-23(27)31-24(2,3)4)22(26)30-19-11-9-17(10-12-19)7-8-18-13-20(28-5)15-21(14-18)29-6/h7-16H,1-6H3,(H,25,27). The summed E-state index contributed by atoms with van der Waals surface area (Å²) in [4.78, 5) is 24.0. The van der Waals surface area contributed by atoms with Crippen molar-refractivity contribution in [3.05, 3.63) is 53.6 Å². The molecule has 0 aliphatic rings. The summed E-state index contributed by atoms with van der Waals surface area (Å²) in [5, 5.41) is 2.46. The lowest BCUT2D eigenvalue weighted by atomic mass is 10.1. The molecule has 0 radical (unpaired) electrons. The largest absolute Gasteiger partial charge is 0.497 e. The van der Waals surface area contributed by atoms with Gasteiger partial charge in [0.15, 0.2) is 0 Å². The first-order valence-corrected chi connectivity index (χ1v) is 9.82. The molecule has 2 aromatic rings. The predicted octanol–water partition coefficient (Wildman–Crippen LogP) is 4.69. The van der Waals surface area contributed by atoms with Crippen LogP contribution in [0.3, 0.4) is 0 Å². The fourth-order valence-electron chi connectivity index (χ4n) is 2.51. The topological polar surface area (TPSA) is 83.1 Å². The third-order valence-corrected chi connectivity index (χ3v) is 4.03. The number of hydrogen-bond donors (Lipinski definition) is 1. The molecule has 0 fully saturated rings. The number of carbonyl (C=O) groups excluding carboxylic acids is 2. The van der Waals surface area contributed by atoms with Gasteiger partial charge >= 0.3 is 12.1 Å². The lowest BCUT2D eigenvalue weighted by Gasteiger charge is -2.21. The Labute approximate surface area is 183 Å². The molecule has 166 valence electrons. The monoisotopic (exact) mass is 427 g/mol. The van der Waals surface area contributed by atoms with Crippen LogP contribution in [0.1, 0.15) is 38.8 Å². The zero-order valence-electron chi connectivity index (χ0n) is 18.7. The van der Waals surface area contributed by atoms with E-state index in [1.807, 2.05) is 36.4 Å². The van der Waals surface area contributed by atoms with Crippen LogP contribution in [0.15, 0.2) is 42.5 Å². The van der Waals surface area contributed by atoms with Gasteiger partial charge in [0.25, 0.3) is 0 Å². The zero-order chi connectivity index (χ0) is 23.0. The number of ether oxygens (including phenoxy) is 4. The van der Waals surface area contributed by atoms with E-state index in [9.17, 15) is 9.59 Å². The lowest BCUT2D eigenvalue weighted by molar-refractivity contribution is -0.136. The molecule has 0 saturated heterocycles. The molecule has 7 heteroatoms. The molecular formula is C24H29NO6. The second kappa shape index (κ2) is 10.5. The second-order valence-electron chi connectivity index (χ2n) is 7.84. The smallest absolute Gasteiger partial charge is 0.408 e. The van der Waals surface area contributed by atoms with Crippen LogP contribution >= 0.6 is 0 Å². The van der Waals surface area contributed by atoms with Crippen LogP contribution in [0.4, 0.5) is 4.79 Å². The molecule has 7 nitrogen and oxygen atoms in total. The Balaban J connectivity index is 1.96. The van der Waals surface area contributed by atoms with Crippen LogP contribution < -0.4 is 19.5 Å². The van der Waals surface area contributed by atoms with Crippen molar-refractivity contribution in [3.63, 3.8) is 0 Å². The Morgan fingerprint density at radius 1 is 0.871 bits per heavy atom. The van der Waals surface area contributed by atoms with Crippen molar-refractivity contribution in [2.24, 2.45) is 0 Å². The van der Waals surface area contributed by atoms with Crippen LogP contribution in [0.25, 0.3) is 12.2 Å². The van der Waals surface area contributed by atoms with E-state index in [1.54, 1.807) is 53.2 Å². The van der Waals surface area contributed by atoms with Gasteiger partial charge in [0.1, 0.15) is 28.9 Å². The Kier molecular flexibility index (Phi) is 8.07. The molecule has 1 amide bonds. The summed E-state index contributed by atoms with van der Waals surface area (Å²) in [5.41, 5.74) is 1.20. The highest BCUT2D eigenvalue weighted by Crippen LogP contribution is 2.24. The van der Waals surface area contributed by atoms with E-state index < -0.39 is 23.7 Å². The molecule has 2 rings (SSSR count). The van der Waals surface area contributed by atoms with Crippen LogP contribution in [-0.4, -0.2) is 37.9 Å². The minimum atomic E-state index is -0.850. The van der Waals surface area contributed by atoms with E-state index >= 15 is 0 Å². The highest BCUT2D eigenvalue weighted by atomic mass is 16.6. The van der Waals surface area contributed by atoms with Crippen molar-refractivity contribution in [2.75, 3.05) is 14.2 Å². The summed E-state index contributed by atoms with van der Waals surface area (Å²) in [7, 11) is 3.21. The molecule has 0 saturated carbocycles. The average molecular weight is 427 g/mol. The quantitative estimate of drug-likeness (QED) is 0.392. The van der Waals surface area contributed by atoms with Gasteiger partial charge in [0, 0.05) is 6.07 Å². The van der Waals surface area contributed by atoms with Crippen molar-refractivity contribution in [1.82, 2.24) is 5.32 Å². The van der Waals surface area contributed by atoms with Crippen molar-refractivity contribution in [2.45, 2.75) is 39.3 Å². The minimum Gasteiger partial charge on any atom is -0.497 e. The van der Waals surface area contributed by atoms with E-state index in [0.29, 0.717) is 17.2 Å². The number of alkyl carbamates (subject to hydrolysis) is 1. The van der Waals surface area contributed by atoms with E-state index in [0.717, 1.165) is 11.1 Å². The average Bonchev–Trinajstić information content (AvgIpc) is 2.71. The summed E-state index contributed by atoms with van der Waals surface area (Å²) in [6.07, 6.45) is 3.18. The van der Waals surface area contributed by atoms with E-state index in [4.69, 9.17) is 18.9 Å². The molecular weight excluding hydrogens is 398 g/mol. The number of hydrogen-bond acceptors (Lipinski definition) is 6. The molecule has 0 aliphatic carbocycles. The molecule has 0 bridgehead atoms. The van der Waals surface area contributed by atoms with Crippen molar-refractivity contribution in [3.8, 4) is 17.2 Å². The summed E-state index contributed by atoms with van der Waals surface area (Å²) in [6, 6.07) is 11.8. The number of benzene rings is 2. The molecule has 0 heterocycles. The van der Waals surface area contributed by atoms with E-state index in [1.165, 1.54) is 6.92 Å². The zero-order valence-corrected chi connectivity index (χ0v) is 18.7. The fraction of sp³-hybridized carbons (Fsp3) is 0.333. The highest BCUT2D eigenvalue weighted by molar-refractivity contribution is 5.82. The van der Waals surface area contributed by atoms with Crippen molar-refractivity contribution < 1.29 is 28.5 Å². The SMILES string of the molecule is COc1cc(C=Cc2ccc(OC(=O)C(C)NC(=O)OC(C)(C)C)cc2)cc(OC)c1. The Morgan fingerprint density at radius 3 is 1.94 bits per heavy atom. The van der Waals surface area contributed by atoms with Gasteiger partial charge in [0.2, 0.25) is 0 Å². The van der Waals surface area contributed by atoms with Crippen molar-refractivity contribution >= 4 is 24.2 Å². The molecule has 1 unspecified atom stereocenters. The molecule has 1 N–H and O–H groups in total. The second-order valence-corrected chi connectivity index (χ2v) is 7.84. The van der Waals surface area contributed by atoms with Crippen LogP contribution in [0, 0.1) is 0 Å². The Bertz CT molecular complexity index is 906.